The molecule has 0 N–H and O–H groups in total. The molecule has 0 aromatic heterocycles. The van der Waals surface area contributed by atoms with Gasteiger partial charge in [0.05, 0.1) is 6.10 Å². The zero-order valence-corrected chi connectivity index (χ0v) is 8.08. The third-order valence-electron chi connectivity index (χ3n) is 1.91. The Morgan fingerprint density at radius 1 is 1.54 bits per heavy atom. The van der Waals surface area contributed by atoms with Crippen LogP contribution in [0.1, 0.15) is 25.8 Å². The second-order valence-corrected chi connectivity index (χ2v) is 3.01. The highest BCUT2D eigenvalue weighted by atomic mass is 16.5. The van der Waals surface area contributed by atoms with E-state index in [2.05, 4.69) is 12.8 Å². The topological polar surface area (TPSA) is 9.23 Å². The monoisotopic (exact) mass is 174 g/mol. The molecule has 1 atom stereocenters. The predicted molar refractivity (Wildman–Crippen MR) is 54.8 cm³/mol. The Balaban J connectivity index is 2.73. The number of rotatable bonds is 3. The Labute approximate surface area is 79.7 Å². The standard InChI is InChI=1S/C12H14O/c1-4-10(3)13-12-8-6-7-11(5-2)9-12/h2,6-10H,4H2,1,3H3. The molecule has 0 heterocycles. The number of ether oxygens (including phenoxy) is 1. The molecule has 0 fully saturated rings. The summed E-state index contributed by atoms with van der Waals surface area (Å²) in [5.41, 5.74) is 0.862. The van der Waals surface area contributed by atoms with Crippen molar-refractivity contribution >= 4 is 0 Å². The van der Waals surface area contributed by atoms with Gasteiger partial charge in [-0.05, 0) is 31.5 Å². The minimum atomic E-state index is 0.244. The largest absolute Gasteiger partial charge is 0.491 e. The van der Waals surface area contributed by atoms with E-state index in [0.29, 0.717) is 0 Å². The predicted octanol–water partition coefficient (Wildman–Crippen LogP) is 2.85. The highest BCUT2D eigenvalue weighted by Crippen LogP contribution is 2.14. The van der Waals surface area contributed by atoms with Gasteiger partial charge in [0.25, 0.3) is 0 Å². The van der Waals surface area contributed by atoms with Crippen molar-refractivity contribution in [3.05, 3.63) is 29.8 Å². The summed E-state index contributed by atoms with van der Waals surface area (Å²) in [7, 11) is 0. The minimum absolute atomic E-state index is 0.244. The third kappa shape index (κ3) is 2.83. The molecular formula is C12H14O. The van der Waals surface area contributed by atoms with E-state index < -0.39 is 0 Å². The summed E-state index contributed by atoms with van der Waals surface area (Å²) < 4.78 is 5.61. The molecule has 0 aliphatic rings. The fourth-order valence-corrected chi connectivity index (χ4v) is 0.975. The van der Waals surface area contributed by atoms with Gasteiger partial charge < -0.3 is 4.74 Å². The summed E-state index contributed by atoms with van der Waals surface area (Å²) in [5, 5.41) is 0. The summed E-state index contributed by atoms with van der Waals surface area (Å²) in [6, 6.07) is 7.61. The lowest BCUT2D eigenvalue weighted by Gasteiger charge is -2.12. The van der Waals surface area contributed by atoms with Gasteiger partial charge in [-0.3, -0.25) is 0 Å². The van der Waals surface area contributed by atoms with Crippen LogP contribution in [0.3, 0.4) is 0 Å². The average molecular weight is 174 g/mol. The summed E-state index contributed by atoms with van der Waals surface area (Å²) in [6.07, 6.45) is 6.52. The maximum atomic E-state index is 5.61. The molecule has 0 aliphatic carbocycles. The lowest BCUT2D eigenvalue weighted by molar-refractivity contribution is 0.217. The summed E-state index contributed by atoms with van der Waals surface area (Å²) in [4.78, 5) is 0. The summed E-state index contributed by atoms with van der Waals surface area (Å²) >= 11 is 0. The normalized spacial score (nSPS) is 11.8. The second kappa shape index (κ2) is 4.57. The van der Waals surface area contributed by atoms with Crippen LogP contribution < -0.4 is 4.74 Å². The molecule has 13 heavy (non-hydrogen) atoms. The number of terminal acetylenes is 1. The van der Waals surface area contributed by atoms with Gasteiger partial charge in [-0.25, -0.2) is 0 Å². The first-order valence-corrected chi connectivity index (χ1v) is 4.49. The maximum absolute atomic E-state index is 5.61. The Morgan fingerprint density at radius 3 is 2.92 bits per heavy atom. The van der Waals surface area contributed by atoms with E-state index in [1.165, 1.54) is 0 Å². The smallest absolute Gasteiger partial charge is 0.120 e. The SMILES string of the molecule is C#Cc1cccc(OC(C)CC)c1. The van der Waals surface area contributed by atoms with Gasteiger partial charge in [-0.1, -0.05) is 18.9 Å². The van der Waals surface area contributed by atoms with E-state index in [-0.39, 0.29) is 6.10 Å². The molecule has 0 saturated heterocycles. The van der Waals surface area contributed by atoms with E-state index in [4.69, 9.17) is 11.2 Å². The van der Waals surface area contributed by atoms with Crippen LogP contribution in [0.5, 0.6) is 5.75 Å². The van der Waals surface area contributed by atoms with Crippen molar-refractivity contribution in [3.8, 4) is 18.1 Å². The fraction of sp³-hybridized carbons (Fsp3) is 0.333. The zero-order chi connectivity index (χ0) is 9.68. The highest BCUT2D eigenvalue weighted by Gasteiger charge is 2.00. The van der Waals surface area contributed by atoms with Gasteiger partial charge in [0, 0.05) is 5.56 Å². The number of benzene rings is 1. The van der Waals surface area contributed by atoms with Crippen molar-refractivity contribution in [2.75, 3.05) is 0 Å². The van der Waals surface area contributed by atoms with Crippen molar-refractivity contribution in [1.29, 1.82) is 0 Å². The first kappa shape index (κ1) is 9.67. The van der Waals surface area contributed by atoms with Crippen LogP contribution in [-0.2, 0) is 0 Å². The summed E-state index contributed by atoms with van der Waals surface area (Å²) in [5.74, 6) is 3.43. The second-order valence-electron chi connectivity index (χ2n) is 3.01. The van der Waals surface area contributed by atoms with Gasteiger partial charge in [-0.2, -0.15) is 0 Å². The van der Waals surface area contributed by atoms with Crippen molar-refractivity contribution in [2.24, 2.45) is 0 Å². The molecule has 1 aromatic rings. The molecule has 0 aliphatic heterocycles. The molecule has 1 aromatic carbocycles. The quantitative estimate of drug-likeness (QED) is 0.640. The van der Waals surface area contributed by atoms with Crippen LogP contribution in [0.2, 0.25) is 0 Å². The highest BCUT2D eigenvalue weighted by molar-refractivity contribution is 5.38. The first-order chi connectivity index (χ1) is 6.26. The lowest BCUT2D eigenvalue weighted by atomic mass is 10.2. The first-order valence-electron chi connectivity index (χ1n) is 4.49. The minimum Gasteiger partial charge on any atom is -0.491 e. The van der Waals surface area contributed by atoms with Crippen LogP contribution in [0, 0.1) is 12.3 Å². The molecule has 1 nitrogen and oxygen atoms in total. The van der Waals surface area contributed by atoms with Crippen LogP contribution in [0.15, 0.2) is 24.3 Å². The Kier molecular flexibility index (Phi) is 3.40. The molecule has 0 amide bonds. The summed E-state index contributed by atoms with van der Waals surface area (Å²) in [6.45, 7) is 4.14. The molecule has 0 spiro atoms. The maximum Gasteiger partial charge on any atom is 0.120 e. The Morgan fingerprint density at radius 2 is 2.31 bits per heavy atom. The third-order valence-corrected chi connectivity index (χ3v) is 1.91. The lowest BCUT2D eigenvalue weighted by Crippen LogP contribution is -2.09. The van der Waals surface area contributed by atoms with E-state index in [1.54, 1.807) is 0 Å². The van der Waals surface area contributed by atoms with E-state index in [1.807, 2.05) is 31.2 Å². The average Bonchev–Trinajstić information content (AvgIpc) is 2.18. The van der Waals surface area contributed by atoms with Gasteiger partial charge in [0.2, 0.25) is 0 Å². The zero-order valence-electron chi connectivity index (χ0n) is 8.08. The molecule has 1 heteroatoms. The van der Waals surface area contributed by atoms with Crippen LogP contribution in [0.25, 0.3) is 0 Å². The number of hydrogen-bond acceptors (Lipinski definition) is 1. The van der Waals surface area contributed by atoms with E-state index in [0.717, 1.165) is 17.7 Å². The molecule has 68 valence electrons. The van der Waals surface area contributed by atoms with E-state index in [9.17, 15) is 0 Å². The Bertz CT molecular complexity index is 309. The fourth-order valence-electron chi connectivity index (χ4n) is 0.975. The van der Waals surface area contributed by atoms with Gasteiger partial charge in [0.1, 0.15) is 5.75 Å². The van der Waals surface area contributed by atoms with Crippen molar-refractivity contribution in [2.45, 2.75) is 26.4 Å². The van der Waals surface area contributed by atoms with Gasteiger partial charge in [-0.15, -0.1) is 6.42 Å². The molecule has 0 saturated carbocycles. The van der Waals surface area contributed by atoms with Gasteiger partial charge >= 0.3 is 0 Å². The van der Waals surface area contributed by atoms with Crippen LogP contribution in [0.4, 0.5) is 0 Å². The van der Waals surface area contributed by atoms with Crippen molar-refractivity contribution in [1.82, 2.24) is 0 Å². The molecule has 1 rings (SSSR count). The van der Waals surface area contributed by atoms with Crippen LogP contribution in [-0.4, -0.2) is 6.10 Å². The molecule has 0 radical (unpaired) electrons. The van der Waals surface area contributed by atoms with Crippen molar-refractivity contribution < 1.29 is 4.74 Å². The molecular weight excluding hydrogens is 160 g/mol. The molecule has 1 unspecified atom stereocenters. The molecule has 0 bridgehead atoms. The number of hydrogen-bond donors (Lipinski definition) is 0. The van der Waals surface area contributed by atoms with Crippen molar-refractivity contribution in [3.63, 3.8) is 0 Å². The Hall–Kier alpha value is -1.42. The van der Waals surface area contributed by atoms with Gasteiger partial charge in [0.15, 0.2) is 0 Å². The van der Waals surface area contributed by atoms with E-state index >= 15 is 0 Å². The van der Waals surface area contributed by atoms with Crippen LogP contribution >= 0.6 is 0 Å².